The first-order chi connectivity index (χ1) is 14.2. The van der Waals surface area contributed by atoms with E-state index in [0.717, 1.165) is 35.9 Å². The monoisotopic (exact) mass is 388 g/mol. The number of benzene rings is 2. The van der Waals surface area contributed by atoms with Crippen molar-refractivity contribution in [2.75, 3.05) is 30.4 Å². The van der Waals surface area contributed by atoms with Gasteiger partial charge in [-0.05, 0) is 43.5 Å². The largest absolute Gasteiger partial charge is 0.465 e. The van der Waals surface area contributed by atoms with E-state index in [9.17, 15) is 4.79 Å². The molecule has 0 atom stereocenters. The summed E-state index contributed by atoms with van der Waals surface area (Å²) in [5.41, 5.74) is 3.26. The van der Waals surface area contributed by atoms with E-state index in [1.165, 1.54) is 26.4 Å². The van der Waals surface area contributed by atoms with Crippen molar-refractivity contribution in [3.05, 3.63) is 66.2 Å². The van der Waals surface area contributed by atoms with E-state index in [4.69, 9.17) is 14.7 Å². The van der Waals surface area contributed by atoms with Gasteiger partial charge >= 0.3 is 5.97 Å². The third-order valence-corrected chi connectivity index (χ3v) is 5.02. The second kappa shape index (κ2) is 8.73. The summed E-state index contributed by atoms with van der Waals surface area (Å²) < 4.78 is 4.75. The summed E-state index contributed by atoms with van der Waals surface area (Å²) in [4.78, 5) is 23.4. The number of piperidine rings is 1. The number of methoxy groups -OCH3 is 1. The number of carbonyl (C=O) groups excluding carboxylic acids is 1. The smallest absolute Gasteiger partial charge is 0.337 e. The molecule has 1 N–H and O–H groups in total. The molecular weight excluding hydrogens is 364 g/mol. The highest BCUT2D eigenvalue weighted by molar-refractivity contribution is 5.89. The zero-order valence-electron chi connectivity index (χ0n) is 16.5. The third kappa shape index (κ3) is 4.54. The lowest BCUT2D eigenvalue weighted by Crippen LogP contribution is -2.30. The van der Waals surface area contributed by atoms with Gasteiger partial charge in [-0.1, -0.05) is 30.3 Å². The van der Waals surface area contributed by atoms with Crippen molar-refractivity contribution in [1.29, 1.82) is 0 Å². The molecule has 148 valence electrons. The molecule has 6 heteroatoms. The minimum absolute atomic E-state index is 0.355. The van der Waals surface area contributed by atoms with Crippen LogP contribution in [0.4, 0.5) is 17.5 Å². The number of nitrogens with zero attached hydrogens (tertiary/aromatic N) is 3. The van der Waals surface area contributed by atoms with Crippen molar-refractivity contribution >= 4 is 23.4 Å². The summed E-state index contributed by atoms with van der Waals surface area (Å²) in [6, 6.07) is 19.3. The van der Waals surface area contributed by atoms with Gasteiger partial charge < -0.3 is 15.0 Å². The summed E-state index contributed by atoms with van der Waals surface area (Å²) in [6.07, 6.45) is 3.63. The maximum atomic E-state index is 11.6. The van der Waals surface area contributed by atoms with Crippen LogP contribution in [-0.4, -0.2) is 36.1 Å². The van der Waals surface area contributed by atoms with Crippen molar-refractivity contribution in [2.45, 2.75) is 19.3 Å². The normalized spacial score (nSPS) is 13.8. The number of nitrogens with one attached hydrogen (secondary N) is 1. The maximum absolute atomic E-state index is 11.6. The van der Waals surface area contributed by atoms with Gasteiger partial charge in [-0.15, -0.1) is 0 Å². The summed E-state index contributed by atoms with van der Waals surface area (Å²) >= 11 is 0. The molecule has 0 amide bonds. The molecule has 0 aliphatic carbocycles. The minimum Gasteiger partial charge on any atom is -0.465 e. The van der Waals surface area contributed by atoms with Gasteiger partial charge in [0.25, 0.3) is 0 Å². The molecule has 1 aliphatic heterocycles. The van der Waals surface area contributed by atoms with Crippen LogP contribution in [0.1, 0.15) is 29.6 Å². The van der Waals surface area contributed by atoms with Crippen LogP contribution in [0.2, 0.25) is 0 Å². The molecule has 1 fully saturated rings. The first kappa shape index (κ1) is 18.9. The van der Waals surface area contributed by atoms with Gasteiger partial charge in [0.15, 0.2) is 0 Å². The van der Waals surface area contributed by atoms with Crippen LogP contribution >= 0.6 is 0 Å². The number of rotatable bonds is 5. The highest BCUT2D eigenvalue weighted by atomic mass is 16.5. The fourth-order valence-corrected chi connectivity index (χ4v) is 3.47. The van der Waals surface area contributed by atoms with Gasteiger partial charge in [-0.25, -0.2) is 9.78 Å². The third-order valence-electron chi connectivity index (χ3n) is 5.02. The fourth-order valence-electron chi connectivity index (χ4n) is 3.47. The SMILES string of the molecule is COC(=O)c1ccc(Nc2nc(-c3ccccc3)cc(N3CCCCC3)n2)cc1. The lowest BCUT2D eigenvalue weighted by Gasteiger charge is -2.28. The van der Waals surface area contributed by atoms with E-state index in [1.54, 1.807) is 12.1 Å². The van der Waals surface area contributed by atoms with Crippen molar-refractivity contribution < 1.29 is 9.53 Å². The standard InChI is InChI=1S/C23H24N4O2/c1-29-22(28)18-10-12-19(13-11-18)24-23-25-20(17-8-4-2-5-9-17)16-21(26-23)27-14-6-3-7-15-27/h2,4-5,8-13,16H,3,6-7,14-15H2,1H3,(H,24,25,26). The second-order valence-electron chi connectivity index (χ2n) is 7.04. The lowest BCUT2D eigenvalue weighted by molar-refractivity contribution is 0.0601. The quantitative estimate of drug-likeness (QED) is 0.641. The van der Waals surface area contributed by atoms with Gasteiger partial charge in [-0.3, -0.25) is 0 Å². The van der Waals surface area contributed by atoms with Crippen LogP contribution in [-0.2, 0) is 4.74 Å². The van der Waals surface area contributed by atoms with Gasteiger partial charge in [0.2, 0.25) is 5.95 Å². The molecule has 0 bridgehead atoms. The minimum atomic E-state index is -0.355. The average Bonchev–Trinajstić information content (AvgIpc) is 2.80. The van der Waals surface area contributed by atoms with Crippen LogP contribution < -0.4 is 10.2 Å². The van der Waals surface area contributed by atoms with Crippen LogP contribution in [0.5, 0.6) is 0 Å². The number of hydrogen-bond acceptors (Lipinski definition) is 6. The predicted octanol–water partition coefficient (Wildman–Crippen LogP) is 4.66. The molecule has 0 unspecified atom stereocenters. The van der Waals surface area contributed by atoms with E-state index in [0.29, 0.717) is 11.5 Å². The molecular formula is C23H24N4O2. The van der Waals surface area contributed by atoms with Crippen molar-refractivity contribution in [1.82, 2.24) is 9.97 Å². The lowest BCUT2D eigenvalue weighted by atomic mass is 10.1. The predicted molar refractivity (Wildman–Crippen MR) is 115 cm³/mol. The van der Waals surface area contributed by atoms with Crippen LogP contribution in [0.15, 0.2) is 60.7 Å². The van der Waals surface area contributed by atoms with Crippen LogP contribution in [0.25, 0.3) is 11.3 Å². The van der Waals surface area contributed by atoms with E-state index in [2.05, 4.69) is 28.4 Å². The molecule has 2 heterocycles. The Kier molecular flexibility index (Phi) is 5.70. The van der Waals surface area contributed by atoms with E-state index >= 15 is 0 Å². The molecule has 6 nitrogen and oxygen atoms in total. The number of esters is 1. The van der Waals surface area contributed by atoms with E-state index < -0.39 is 0 Å². The van der Waals surface area contributed by atoms with Crippen molar-refractivity contribution in [3.8, 4) is 11.3 Å². The number of hydrogen-bond donors (Lipinski definition) is 1. The zero-order chi connectivity index (χ0) is 20.1. The zero-order valence-corrected chi connectivity index (χ0v) is 16.5. The molecule has 29 heavy (non-hydrogen) atoms. The van der Waals surface area contributed by atoms with Crippen molar-refractivity contribution in [2.24, 2.45) is 0 Å². The van der Waals surface area contributed by atoms with Crippen LogP contribution in [0.3, 0.4) is 0 Å². The van der Waals surface area contributed by atoms with Crippen LogP contribution in [0, 0.1) is 0 Å². The number of carbonyl (C=O) groups is 1. The molecule has 0 saturated carbocycles. The van der Waals surface area contributed by atoms with Gasteiger partial charge in [0.05, 0.1) is 18.4 Å². The first-order valence-electron chi connectivity index (χ1n) is 9.88. The van der Waals surface area contributed by atoms with E-state index in [1.807, 2.05) is 30.3 Å². The fraction of sp³-hybridized carbons (Fsp3) is 0.261. The highest BCUT2D eigenvalue weighted by Gasteiger charge is 2.16. The number of anilines is 3. The number of ether oxygens (including phenoxy) is 1. The molecule has 3 aromatic rings. The highest BCUT2D eigenvalue weighted by Crippen LogP contribution is 2.26. The first-order valence-corrected chi connectivity index (χ1v) is 9.88. The molecule has 1 aliphatic rings. The summed E-state index contributed by atoms with van der Waals surface area (Å²) in [6.45, 7) is 2.02. The Morgan fingerprint density at radius 3 is 2.38 bits per heavy atom. The molecule has 1 aromatic heterocycles. The summed E-state index contributed by atoms with van der Waals surface area (Å²) in [7, 11) is 1.37. The molecule has 0 spiro atoms. The molecule has 0 radical (unpaired) electrons. The van der Waals surface area contributed by atoms with Gasteiger partial charge in [0, 0.05) is 30.4 Å². The van der Waals surface area contributed by atoms with Gasteiger partial charge in [-0.2, -0.15) is 4.98 Å². The number of aromatic nitrogens is 2. The Balaban J connectivity index is 1.65. The summed E-state index contributed by atoms with van der Waals surface area (Å²) in [5, 5.41) is 3.28. The Bertz CT molecular complexity index is 968. The van der Waals surface area contributed by atoms with E-state index in [-0.39, 0.29) is 5.97 Å². The van der Waals surface area contributed by atoms with Crippen molar-refractivity contribution in [3.63, 3.8) is 0 Å². The second-order valence-corrected chi connectivity index (χ2v) is 7.04. The molecule has 4 rings (SSSR count). The summed E-state index contributed by atoms with van der Waals surface area (Å²) in [5.74, 6) is 1.12. The molecule has 1 saturated heterocycles. The maximum Gasteiger partial charge on any atom is 0.337 e. The Morgan fingerprint density at radius 1 is 0.966 bits per heavy atom. The molecule has 2 aromatic carbocycles. The Morgan fingerprint density at radius 2 is 1.69 bits per heavy atom. The topological polar surface area (TPSA) is 67.3 Å². The Hall–Kier alpha value is -3.41. The van der Waals surface area contributed by atoms with Gasteiger partial charge in [0.1, 0.15) is 5.82 Å². The average molecular weight is 388 g/mol. The Labute approximate surface area is 170 Å².